The molecule has 0 aromatic heterocycles. The Labute approximate surface area is 122 Å². The summed E-state index contributed by atoms with van der Waals surface area (Å²) in [5.74, 6) is -0.768. The molecular weight excluding hydrogens is 292 g/mol. The Kier molecular flexibility index (Phi) is 4.69. The van der Waals surface area contributed by atoms with Gasteiger partial charge in [0.1, 0.15) is 0 Å². The van der Waals surface area contributed by atoms with Gasteiger partial charge < -0.3 is 0 Å². The van der Waals surface area contributed by atoms with Crippen molar-refractivity contribution in [2.75, 3.05) is 0 Å². The molecule has 0 heterocycles. The lowest BCUT2D eigenvalue weighted by Crippen LogP contribution is -2.24. The van der Waals surface area contributed by atoms with E-state index in [9.17, 15) is 13.2 Å². The maximum Gasteiger partial charge on any atom is 0.274 e. The van der Waals surface area contributed by atoms with Gasteiger partial charge in [0.25, 0.3) is 5.91 Å². The van der Waals surface area contributed by atoms with Crippen molar-refractivity contribution < 1.29 is 18.4 Å². The Hall–Kier alpha value is -2.22. The third-order valence-corrected chi connectivity index (χ3v) is 4.22. The fraction of sp³-hybridized carbons (Fsp3) is 0.0714. The standard InChI is InChI=1S/C14H14N2O4S/c17-14(16-18)12-7-4-8-13(9-12)21(19,20)15-10-11-5-2-1-3-6-11/h1-9,15,18H,10H2,(H,16,17). The van der Waals surface area contributed by atoms with E-state index in [2.05, 4.69) is 4.72 Å². The molecule has 2 aromatic carbocycles. The molecule has 0 fully saturated rings. The Bertz CT molecular complexity index is 730. The van der Waals surface area contributed by atoms with Crippen LogP contribution in [0.3, 0.4) is 0 Å². The molecule has 2 aromatic rings. The van der Waals surface area contributed by atoms with Crippen molar-refractivity contribution >= 4 is 15.9 Å². The first-order valence-electron chi connectivity index (χ1n) is 6.11. The van der Waals surface area contributed by atoms with Crippen LogP contribution >= 0.6 is 0 Å². The van der Waals surface area contributed by atoms with Gasteiger partial charge in [-0.15, -0.1) is 0 Å². The minimum absolute atomic E-state index is 0.0421. The smallest absolute Gasteiger partial charge is 0.274 e. The Balaban J connectivity index is 2.18. The second-order valence-electron chi connectivity index (χ2n) is 4.28. The van der Waals surface area contributed by atoms with E-state index >= 15 is 0 Å². The molecule has 3 N–H and O–H groups in total. The van der Waals surface area contributed by atoms with Gasteiger partial charge in [-0.25, -0.2) is 18.6 Å². The number of rotatable bonds is 5. The summed E-state index contributed by atoms with van der Waals surface area (Å²) in [4.78, 5) is 11.3. The third kappa shape index (κ3) is 3.88. The third-order valence-electron chi connectivity index (χ3n) is 2.82. The predicted octanol–water partition coefficient (Wildman–Crippen LogP) is 1.28. The first-order valence-corrected chi connectivity index (χ1v) is 7.59. The van der Waals surface area contributed by atoms with Gasteiger partial charge in [0.15, 0.2) is 0 Å². The molecule has 0 spiro atoms. The van der Waals surface area contributed by atoms with Crippen molar-refractivity contribution in [1.29, 1.82) is 0 Å². The lowest BCUT2D eigenvalue weighted by Gasteiger charge is -2.08. The topological polar surface area (TPSA) is 95.5 Å². The molecule has 1 amide bonds. The van der Waals surface area contributed by atoms with Crippen LogP contribution in [0.4, 0.5) is 0 Å². The number of hydrogen-bond acceptors (Lipinski definition) is 4. The number of benzene rings is 2. The lowest BCUT2D eigenvalue weighted by molar-refractivity contribution is 0.0706. The van der Waals surface area contributed by atoms with Crippen molar-refractivity contribution in [3.05, 3.63) is 65.7 Å². The van der Waals surface area contributed by atoms with Gasteiger partial charge in [-0.2, -0.15) is 0 Å². The summed E-state index contributed by atoms with van der Waals surface area (Å²) < 4.78 is 26.8. The molecule has 0 radical (unpaired) electrons. The van der Waals surface area contributed by atoms with Gasteiger partial charge in [0.05, 0.1) is 4.90 Å². The van der Waals surface area contributed by atoms with Crippen LogP contribution in [0.25, 0.3) is 0 Å². The highest BCUT2D eigenvalue weighted by atomic mass is 32.2. The summed E-state index contributed by atoms with van der Waals surface area (Å²) in [6, 6.07) is 14.5. The monoisotopic (exact) mass is 306 g/mol. The van der Waals surface area contributed by atoms with Crippen LogP contribution in [-0.2, 0) is 16.6 Å². The molecule has 2 rings (SSSR count). The molecule has 0 saturated carbocycles. The zero-order valence-corrected chi connectivity index (χ0v) is 11.8. The minimum atomic E-state index is -3.73. The van der Waals surface area contributed by atoms with Gasteiger partial charge >= 0.3 is 0 Å². The van der Waals surface area contributed by atoms with Gasteiger partial charge in [-0.1, -0.05) is 36.4 Å². The van der Waals surface area contributed by atoms with Crippen LogP contribution in [0.1, 0.15) is 15.9 Å². The highest BCUT2D eigenvalue weighted by Crippen LogP contribution is 2.12. The van der Waals surface area contributed by atoms with E-state index in [0.717, 1.165) is 5.56 Å². The lowest BCUT2D eigenvalue weighted by atomic mass is 10.2. The van der Waals surface area contributed by atoms with E-state index in [1.54, 1.807) is 12.1 Å². The molecule has 0 aliphatic rings. The van der Waals surface area contributed by atoms with Crippen LogP contribution in [-0.4, -0.2) is 19.5 Å². The summed E-state index contributed by atoms with van der Waals surface area (Å²) in [6.45, 7) is 0.152. The maximum absolute atomic E-state index is 12.2. The van der Waals surface area contributed by atoms with Crippen molar-refractivity contribution in [3.8, 4) is 0 Å². The molecule has 0 bridgehead atoms. The molecule has 0 saturated heterocycles. The summed E-state index contributed by atoms with van der Waals surface area (Å²) >= 11 is 0. The van der Waals surface area contributed by atoms with Crippen molar-refractivity contribution in [3.63, 3.8) is 0 Å². The molecular formula is C14H14N2O4S. The van der Waals surface area contributed by atoms with Gasteiger partial charge in [-0.3, -0.25) is 10.0 Å². The zero-order valence-electron chi connectivity index (χ0n) is 11.0. The minimum Gasteiger partial charge on any atom is -0.288 e. The number of carbonyl (C=O) groups is 1. The van der Waals surface area contributed by atoms with E-state index < -0.39 is 15.9 Å². The fourth-order valence-electron chi connectivity index (χ4n) is 1.73. The van der Waals surface area contributed by atoms with Crippen LogP contribution in [0.15, 0.2) is 59.5 Å². The number of carbonyl (C=O) groups excluding carboxylic acids is 1. The summed E-state index contributed by atoms with van der Waals surface area (Å²) in [5.41, 5.74) is 2.34. The SMILES string of the molecule is O=C(NO)c1cccc(S(=O)(=O)NCc2ccccc2)c1. The van der Waals surface area contributed by atoms with E-state index in [4.69, 9.17) is 5.21 Å². The van der Waals surface area contributed by atoms with Crippen LogP contribution in [0.5, 0.6) is 0 Å². The van der Waals surface area contributed by atoms with Crippen LogP contribution in [0.2, 0.25) is 0 Å². The highest BCUT2D eigenvalue weighted by Gasteiger charge is 2.15. The molecule has 0 aliphatic heterocycles. The average Bonchev–Trinajstić information content (AvgIpc) is 2.53. The van der Waals surface area contributed by atoms with Gasteiger partial charge in [0, 0.05) is 12.1 Å². The predicted molar refractivity (Wildman–Crippen MR) is 76.2 cm³/mol. The van der Waals surface area contributed by atoms with Gasteiger partial charge in [0.2, 0.25) is 10.0 Å². The van der Waals surface area contributed by atoms with Crippen molar-refractivity contribution in [2.45, 2.75) is 11.4 Å². The molecule has 6 nitrogen and oxygen atoms in total. The summed E-state index contributed by atoms with van der Waals surface area (Å²) in [6.07, 6.45) is 0. The largest absolute Gasteiger partial charge is 0.288 e. The molecule has 110 valence electrons. The number of nitrogens with one attached hydrogen (secondary N) is 2. The maximum atomic E-state index is 12.2. The molecule has 0 atom stereocenters. The number of hydroxylamine groups is 1. The first-order chi connectivity index (χ1) is 10.0. The second-order valence-corrected chi connectivity index (χ2v) is 6.05. The highest BCUT2D eigenvalue weighted by molar-refractivity contribution is 7.89. The van der Waals surface area contributed by atoms with Crippen LogP contribution in [0, 0.1) is 0 Å². The molecule has 21 heavy (non-hydrogen) atoms. The number of amides is 1. The number of hydrogen-bond donors (Lipinski definition) is 3. The molecule has 0 aliphatic carbocycles. The zero-order chi connectivity index (χ0) is 15.3. The Morgan fingerprint density at radius 3 is 2.43 bits per heavy atom. The Morgan fingerprint density at radius 1 is 1.05 bits per heavy atom. The van der Waals surface area contributed by atoms with E-state index in [-0.39, 0.29) is 17.0 Å². The normalized spacial score (nSPS) is 11.1. The summed E-state index contributed by atoms with van der Waals surface area (Å²) in [7, 11) is -3.73. The quantitative estimate of drug-likeness (QED) is 0.573. The van der Waals surface area contributed by atoms with E-state index in [1.807, 2.05) is 18.2 Å². The fourth-order valence-corrected chi connectivity index (χ4v) is 2.79. The summed E-state index contributed by atoms with van der Waals surface area (Å²) in [5, 5.41) is 8.57. The molecule has 0 unspecified atom stereocenters. The van der Waals surface area contributed by atoms with Crippen LogP contribution < -0.4 is 10.2 Å². The first kappa shape index (κ1) is 15.2. The van der Waals surface area contributed by atoms with Gasteiger partial charge in [-0.05, 0) is 23.8 Å². The second kappa shape index (κ2) is 6.49. The van der Waals surface area contributed by atoms with Crippen molar-refractivity contribution in [2.24, 2.45) is 0 Å². The average molecular weight is 306 g/mol. The number of sulfonamides is 1. The van der Waals surface area contributed by atoms with E-state index in [0.29, 0.717) is 0 Å². The Morgan fingerprint density at radius 2 is 1.76 bits per heavy atom. The molecule has 7 heteroatoms. The van der Waals surface area contributed by atoms with Crippen molar-refractivity contribution in [1.82, 2.24) is 10.2 Å². The van der Waals surface area contributed by atoms with E-state index in [1.165, 1.54) is 29.7 Å².